The smallest absolute Gasteiger partial charge is 0.269 e. The lowest BCUT2D eigenvalue weighted by atomic mass is 10.1. The third-order valence-corrected chi connectivity index (χ3v) is 7.33. The Morgan fingerprint density at radius 3 is 2.71 bits per heavy atom. The predicted octanol–water partition coefficient (Wildman–Crippen LogP) is 1.57. The zero-order valence-electron chi connectivity index (χ0n) is 16.4. The molecule has 1 aliphatic heterocycles. The van der Waals surface area contributed by atoms with Crippen LogP contribution in [0.5, 0.6) is 0 Å². The van der Waals surface area contributed by atoms with Gasteiger partial charge in [-0.25, -0.2) is 4.39 Å². The lowest BCUT2D eigenvalue weighted by molar-refractivity contribution is -0.140. The maximum atomic E-state index is 13.7. The molecule has 3 amide bonds. The van der Waals surface area contributed by atoms with Gasteiger partial charge in [0.15, 0.2) is 5.69 Å². The molecule has 4 atom stereocenters. The van der Waals surface area contributed by atoms with Crippen molar-refractivity contribution in [3.8, 4) is 0 Å². The SMILES string of the molecule is NC(=O)c1nn(CC(=O)N2[C@@H]3C[C@@H]3C[C@H]2C(=O)NCC2CC2(Cl)Cl)c2ccc(F)cc12. The molecule has 1 unspecified atom stereocenters. The first-order chi connectivity index (χ1) is 14.7. The summed E-state index contributed by atoms with van der Waals surface area (Å²) in [5, 5.41) is 7.24. The summed E-state index contributed by atoms with van der Waals surface area (Å²) in [6, 6.07) is 3.30. The van der Waals surface area contributed by atoms with E-state index in [9.17, 15) is 18.8 Å². The van der Waals surface area contributed by atoms with Crippen molar-refractivity contribution in [3.05, 3.63) is 29.7 Å². The van der Waals surface area contributed by atoms with E-state index in [2.05, 4.69) is 10.4 Å². The number of aromatic nitrogens is 2. The maximum Gasteiger partial charge on any atom is 0.269 e. The molecule has 3 aliphatic rings. The Labute approximate surface area is 186 Å². The first-order valence-electron chi connectivity index (χ1n) is 10.1. The van der Waals surface area contributed by atoms with Crippen LogP contribution >= 0.6 is 23.2 Å². The van der Waals surface area contributed by atoms with Gasteiger partial charge in [-0.15, -0.1) is 23.2 Å². The molecule has 8 nitrogen and oxygen atoms in total. The largest absolute Gasteiger partial charge is 0.364 e. The Morgan fingerprint density at radius 2 is 2.03 bits per heavy atom. The summed E-state index contributed by atoms with van der Waals surface area (Å²) in [6.07, 6.45) is 2.10. The first-order valence-corrected chi connectivity index (χ1v) is 10.8. The lowest BCUT2D eigenvalue weighted by Gasteiger charge is -2.27. The van der Waals surface area contributed by atoms with Crippen LogP contribution in [0.2, 0.25) is 0 Å². The van der Waals surface area contributed by atoms with Crippen molar-refractivity contribution in [1.82, 2.24) is 20.0 Å². The van der Waals surface area contributed by atoms with E-state index in [1.165, 1.54) is 16.8 Å². The third kappa shape index (κ3) is 3.63. The summed E-state index contributed by atoms with van der Waals surface area (Å²) in [5.41, 5.74) is 5.69. The highest BCUT2D eigenvalue weighted by Crippen LogP contribution is 2.53. The van der Waals surface area contributed by atoms with Crippen molar-refractivity contribution in [1.29, 1.82) is 0 Å². The van der Waals surface area contributed by atoms with Crippen LogP contribution < -0.4 is 11.1 Å². The fourth-order valence-corrected chi connectivity index (χ4v) is 5.07. The van der Waals surface area contributed by atoms with Crippen molar-refractivity contribution in [2.24, 2.45) is 17.6 Å². The Bertz CT molecular complexity index is 1120. The van der Waals surface area contributed by atoms with E-state index < -0.39 is 22.1 Å². The molecule has 3 fully saturated rings. The maximum absolute atomic E-state index is 13.7. The number of hydrogen-bond donors (Lipinski definition) is 2. The van der Waals surface area contributed by atoms with Crippen LogP contribution in [-0.4, -0.2) is 55.4 Å². The van der Waals surface area contributed by atoms with E-state index in [0.717, 1.165) is 12.5 Å². The van der Waals surface area contributed by atoms with E-state index >= 15 is 0 Å². The second-order valence-electron chi connectivity index (χ2n) is 8.55. The monoisotopic (exact) mass is 467 g/mol. The quantitative estimate of drug-likeness (QED) is 0.628. The van der Waals surface area contributed by atoms with Gasteiger partial charge < -0.3 is 16.0 Å². The number of halogens is 3. The van der Waals surface area contributed by atoms with Gasteiger partial charge >= 0.3 is 0 Å². The minimum absolute atomic E-state index is 0.0166. The third-order valence-electron chi connectivity index (χ3n) is 6.40. The minimum atomic E-state index is -0.808. The molecule has 0 bridgehead atoms. The molecule has 31 heavy (non-hydrogen) atoms. The van der Waals surface area contributed by atoms with Crippen molar-refractivity contribution in [3.63, 3.8) is 0 Å². The molecule has 2 aliphatic carbocycles. The van der Waals surface area contributed by atoms with Crippen LogP contribution in [-0.2, 0) is 16.1 Å². The number of nitrogens with one attached hydrogen (secondary N) is 1. The molecule has 11 heteroatoms. The van der Waals surface area contributed by atoms with Gasteiger partial charge in [0.2, 0.25) is 11.8 Å². The molecule has 2 saturated carbocycles. The number of piperidine rings is 1. The van der Waals surface area contributed by atoms with Crippen LogP contribution in [0.15, 0.2) is 18.2 Å². The highest BCUT2D eigenvalue weighted by atomic mass is 35.5. The number of primary amides is 1. The van der Waals surface area contributed by atoms with Crippen LogP contribution in [0.1, 0.15) is 29.8 Å². The number of carbonyl (C=O) groups excluding carboxylic acids is 3. The highest BCUT2D eigenvalue weighted by molar-refractivity contribution is 6.50. The average molecular weight is 468 g/mol. The summed E-state index contributed by atoms with van der Waals surface area (Å²) >= 11 is 12.0. The highest BCUT2D eigenvalue weighted by Gasteiger charge is 2.56. The number of fused-ring (bicyclic) bond motifs is 2. The summed E-state index contributed by atoms with van der Waals surface area (Å²) in [5.74, 6) is -1.52. The van der Waals surface area contributed by atoms with Crippen LogP contribution in [0.4, 0.5) is 4.39 Å². The number of carbonyl (C=O) groups is 3. The van der Waals surface area contributed by atoms with Gasteiger partial charge in [0, 0.05) is 23.9 Å². The molecule has 1 aromatic heterocycles. The summed E-state index contributed by atoms with van der Waals surface area (Å²) in [7, 11) is 0. The number of likely N-dealkylation sites (tertiary alicyclic amines) is 1. The molecule has 2 aromatic rings. The Balaban J connectivity index is 1.33. The van der Waals surface area contributed by atoms with Gasteiger partial charge in [-0.05, 0) is 43.4 Å². The summed E-state index contributed by atoms with van der Waals surface area (Å²) in [4.78, 5) is 39.2. The van der Waals surface area contributed by atoms with Crippen LogP contribution in [0, 0.1) is 17.7 Å². The fraction of sp³-hybridized carbons (Fsp3) is 0.500. The van der Waals surface area contributed by atoms with Crippen molar-refractivity contribution < 1.29 is 18.8 Å². The van der Waals surface area contributed by atoms with E-state index in [4.69, 9.17) is 28.9 Å². The van der Waals surface area contributed by atoms with Crippen LogP contribution in [0.25, 0.3) is 10.9 Å². The van der Waals surface area contributed by atoms with Gasteiger partial charge in [0.1, 0.15) is 22.7 Å². The summed E-state index contributed by atoms with van der Waals surface area (Å²) in [6.45, 7) is 0.189. The van der Waals surface area contributed by atoms with Crippen molar-refractivity contribution >= 4 is 51.8 Å². The number of alkyl halides is 2. The number of nitrogens with zero attached hydrogens (tertiary/aromatic N) is 3. The predicted molar refractivity (Wildman–Crippen MR) is 111 cm³/mol. The van der Waals surface area contributed by atoms with Gasteiger partial charge in [-0.3, -0.25) is 19.1 Å². The molecule has 2 heterocycles. The number of amides is 3. The zero-order chi connectivity index (χ0) is 22.1. The van der Waals surface area contributed by atoms with Gasteiger partial charge in [-0.2, -0.15) is 5.10 Å². The molecule has 164 valence electrons. The minimum Gasteiger partial charge on any atom is -0.364 e. The van der Waals surface area contributed by atoms with Gasteiger partial charge in [-0.1, -0.05) is 0 Å². The fourth-order valence-electron chi connectivity index (χ4n) is 4.55. The van der Waals surface area contributed by atoms with E-state index in [0.29, 0.717) is 30.8 Å². The van der Waals surface area contributed by atoms with Gasteiger partial charge in [0.25, 0.3) is 5.91 Å². The molecule has 3 N–H and O–H groups in total. The number of hydrogen-bond acceptors (Lipinski definition) is 4. The molecule has 1 aromatic carbocycles. The topological polar surface area (TPSA) is 110 Å². The van der Waals surface area contributed by atoms with Gasteiger partial charge in [0.05, 0.1) is 5.52 Å². The van der Waals surface area contributed by atoms with E-state index in [1.807, 2.05) is 0 Å². The van der Waals surface area contributed by atoms with Crippen LogP contribution in [0.3, 0.4) is 0 Å². The lowest BCUT2D eigenvalue weighted by Crippen LogP contribution is -2.49. The first kappa shape index (κ1) is 20.5. The van der Waals surface area contributed by atoms with Crippen molar-refractivity contribution in [2.45, 2.75) is 42.2 Å². The molecule has 5 rings (SSSR count). The second kappa shape index (κ2) is 7.06. The van der Waals surface area contributed by atoms with E-state index in [-0.39, 0.29) is 41.4 Å². The molecule has 0 spiro atoms. The normalized spacial score (nSPS) is 27.8. The van der Waals surface area contributed by atoms with Crippen molar-refractivity contribution in [2.75, 3.05) is 6.54 Å². The Morgan fingerprint density at radius 1 is 1.29 bits per heavy atom. The molecular formula is C20H20Cl2FN5O3. The Hall–Kier alpha value is -2.39. The number of nitrogens with two attached hydrogens (primary N) is 1. The zero-order valence-corrected chi connectivity index (χ0v) is 17.9. The second-order valence-corrected chi connectivity index (χ2v) is 10.1. The number of rotatable bonds is 6. The Kier molecular flexibility index (Phi) is 4.67. The molecule has 1 saturated heterocycles. The molecule has 0 radical (unpaired) electrons. The van der Waals surface area contributed by atoms with E-state index in [1.54, 1.807) is 4.90 Å². The summed E-state index contributed by atoms with van der Waals surface area (Å²) < 4.78 is 14.2. The molecular weight excluding hydrogens is 448 g/mol. The number of benzene rings is 1. The standard InChI is InChI=1S/C20H20Cl2FN5O3/c21-20(22)6-10(20)7-25-19(31)15-4-9-3-14(9)28(15)16(29)8-27-13-2-1-11(23)5-12(13)17(26-27)18(24)30/h1-2,5,9-10,14-15H,3-4,6-8H2,(H2,24,30)(H,25,31)/t9-,10?,14-,15+/m1/s1. The average Bonchev–Trinajstić information content (AvgIpc) is 3.49.